The number of hydrogen-bond acceptors (Lipinski definition) is 2. The SMILES string of the molecule is C=CC(=O)N(C)c1ccc([C@H]2CC[C@H]3CCCCN32)cc1. The van der Waals surface area contributed by atoms with E-state index in [4.69, 9.17) is 0 Å². The van der Waals surface area contributed by atoms with Crippen LogP contribution in [0.1, 0.15) is 43.7 Å². The molecule has 2 saturated heterocycles. The highest BCUT2D eigenvalue weighted by Crippen LogP contribution is 2.40. The Morgan fingerprint density at radius 3 is 2.71 bits per heavy atom. The first-order valence-electron chi connectivity index (χ1n) is 7.96. The number of carbonyl (C=O) groups excluding carboxylic acids is 1. The monoisotopic (exact) mass is 284 g/mol. The number of rotatable bonds is 3. The Kier molecular flexibility index (Phi) is 4.11. The quantitative estimate of drug-likeness (QED) is 0.793. The first-order valence-corrected chi connectivity index (χ1v) is 7.96. The summed E-state index contributed by atoms with van der Waals surface area (Å²) in [5.41, 5.74) is 2.32. The molecule has 3 heteroatoms. The number of carbonyl (C=O) groups is 1. The molecule has 112 valence electrons. The lowest BCUT2D eigenvalue weighted by atomic mass is 10.0. The molecule has 3 nitrogen and oxygen atoms in total. The van der Waals surface area contributed by atoms with E-state index in [9.17, 15) is 4.79 Å². The van der Waals surface area contributed by atoms with E-state index in [0.29, 0.717) is 6.04 Å². The van der Waals surface area contributed by atoms with E-state index < -0.39 is 0 Å². The first-order chi connectivity index (χ1) is 10.2. The van der Waals surface area contributed by atoms with Crippen LogP contribution in [0.4, 0.5) is 5.69 Å². The zero-order valence-corrected chi connectivity index (χ0v) is 12.8. The number of anilines is 1. The van der Waals surface area contributed by atoms with Gasteiger partial charge in [0.15, 0.2) is 0 Å². The van der Waals surface area contributed by atoms with E-state index >= 15 is 0 Å². The van der Waals surface area contributed by atoms with Crippen molar-refractivity contribution in [3.63, 3.8) is 0 Å². The van der Waals surface area contributed by atoms with Crippen LogP contribution < -0.4 is 4.90 Å². The van der Waals surface area contributed by atoms with Crippen molar-refractivity contribution in [2.75, 3.05) is 18.5 Å². The molecule has 0 aromatic heterocycles. The number of fused-ring (bicyclic) bond motifs is 1. The largest absolute Gasteiger partial charge is 0.312 e. The van der Waals surface area contributed by atoms with Crippen LogP contribution in [-0.4, -0.2) is 30.4 Å². The lowest BCUT2D eigenvalue weighted by Crippen LogP contribution is -2.35. The fourth-order valence-electron chi connectivity index (χ4n) is 3.80. The lowest BCUT2D eigenvalue weighted by Gasteiger charge is -2.34. The molecule has 0 unspecified atom stereocenters. The lowest BCUT2D eigenvalue weighted by molar-refractivity contribution is -0.113. The van der Waals surface area contributed by atoms with E-state index in [1.165, 1.54) is 50.3 Å². The molecule has 0 spiro atoms. The number of nitrogens with zero attached hydrogens (tertiary/aromatic N) is 2. The van der Waals surface area contributed by atoms with Gasteiger partial charge >= 0.3 is 0 Å². The molecule has 2 aliphatic rings. The number of benzene rings is 1. The van der Waals surface area contributed by atoms with Crippen molar-refractivity contribution in [3.8, 4) is 0 Å². The smallest absolute Gasteiger partial charge is 0.250 e. The molecular weight excluding hydrogens is 260 g/mol. The van der Waals surface area contributed by atoms with E-state index in [-0.39, 0.29) is 5.91 Å². The summed E-state index contributed by atoms with van der Waals surface area (Å²) in [7, 11) is 1.79. The second kappa shape index (κ2) is 6.02. The number of likely N-dealkylation sites (N-methyl/N-ethyl adjacent to an activating group) is 1. The predicted octanol–water partition coefficient (Wildman–Crippen LogP) is 3.52. The molecule has 2 heterocycles. The molecule has 0 bridgehead atoms. The van der Waals surface area contributed by atoms with Gasteiger partial charge in [-0.05, 0) is 56.0 Å². The standard InChI is InChI=1S/C18H24N2O/c1-3-18(21)19(2)15-9-7-14(8-10-15)17-12-11-16-6-4-5-13-20(16)17/h3,7-10,16-17H,1,4-6,11-13H2,2H3/t16-,17-/m1/s1. The molecule has 2 aliphatic heterocycles. The minimum absolute atomic E-state index is 0.0697. The van der Waals surface area contributed by atoms with Crippen LogP contribution in [0.2, 0.25) is 0 Å². The van der Waals surface area contributed by atoms with Gasteiger partial charge in [0.25, 0.3) is 0 Å². The van der Waals surface area contributed by atoms with Crippen LogP contribution in [0.25, 0.3) is 0 Å². The first kappa shape index (κ1) is 14.3. The molecule has 0 aliphatic carbocycles. The molecule has 2 atom stereocenters. The maximum atomic E-state index is 11.6. The van der Waals surface area contributed by atoms with Crippen LogP contribution >= 0.6 is 0 Å². The highest BCUT2D eigenvalue weighted by molar-refractivity contribution is 6.00. The van der Waals surface area contributed by atoms with Crippen molar-refractivity contribution in [2.24, 2.45) is 0 Å². The van der Waals surface area contributed by atoms with Gasteiger partial charge in [-0.1, -0.05) is 25.1 Å². The van der Waals surface area contributed by atoms with E-state index in [2.05, 4.69) is 23.6 Å². The molecule has 0 saturated carbocycles. The van der Waals surface area contributed by atoms with Crippen LogP contribution in [0, 0.1) is 0 Å². The van der Waals surface area contributed by atoms with Gasteiger partial charge in [0.2, 0.25) is 5.91 Å². The average Bonchev–Trinajstić information content (AvgIpc) is 2.97. The summed E-state index contributed by atoms with van der Waals surface area (Å²) in [5.74, 6) is -0.0697. The molecule has 1 aromatic carbocycles. The van der Waals surface area contributed by atoms with Crippen LogP contribution in [0.5, 0.6) is 0 Å². The van der Waals surface area contributed by atoms with Crippen LogP contribution in [0.3, 0.4) is 0 Å². The summed E-state index contributed by atoms with van der Waals surface area (Å²) in [6.07, 6.45) is 8.05. The maximum Gasteiger partial charge on any atom is 0.250 e. The maximum absolute atomic E-state index is 11.6. The zero-order chi connectivity index (χ0) is 14.8. The van der Waals surface area contributed by atoms with Gasteiger partial charge in [0, 0.05) is 24.8 Å². The fraction of sp³-hybridized carbons (Fsp3) is 0.500. The fourth-order valence-corrected chi connectivity index (χ4v) is 3.80. The Hall–Kier alpha value is -1.61. The Balaban J connectivity index is 1.75. The van der Waals surface area contributed by atoms with Gasteiger partial charge in [0.1, 0.15) is 0 Å². The van der Waals surface area contributed by atoms with Gasteiger partial charge in [-0.15, -0.1) is 0 Å². The van der Waals surface area contributed by atoms with Crippen molar-refractivity contribution in [3.05, 3.63) is 42.5 Å². The van der Waals surface area contributed by atoms with Crippen LogP contribution in [0.15, 0.2) is 36.9 Å². The molecule has 21 heavy (non-hydrogen) atoms. The molecule has 2 fully saturated rings. The van der Waals surface area contributed by atoms with Crippen LogP contribution in [-0.2, 0) is 4.79 Å². The Labute approximate surface area is 127 Å². The number of piperidine rings is 1. The molecule has 0 N–H and O–H groups in total. The molecular formula is C18H24N2O. The molecule has 1 aromatic rings. The number of hydrogen-bond donors (Lipinski definition) is 0. The van der Waals surface area contributed by atoms with Gasteiger partial charge in [-0.2, -0.15) is 0 Å². The highest BCUT2D eigenvalue weighted by atomic mass is 16.2. The van der Waals surface area contributed by atoms with Crippen molar-refractivity contribution >= 4 is 11.6 Å². The average molecular weight is 284 g/mol. The van der Waals surface area contributed by atoms with Gasteiger partial charge < -0.3 is 4.90 Å². The molecule has 3 rings (SSSR count). The predicted molar refractivity (Wildman–Crippen MR) is 86.4 cm³/mol. The summed E-state index contributed by atoms with van der Waals surface area (Å²) in [4.78, 5) is 16.0. The van der Waals surface area contributed by atoms with Crippen molar-refractivity contribution in [2.45, 2.75) is 44.2 Å². The summed E-state index contributed by atoms with van der Waals surface area (Å²) < 4.78 is 0. The van der Waals surface area contributed by atoms with Gasteiger partial charge in [-0.3, -0.25) is 9.69 Å². The zero-order valence-electron chi connectivity index (χ0n) is 12.8. The summed E-state index contributed by atoms with van der Waals surface area (Å²) in [6.45, 7) is 4.78. The van der Waals surface area contributed by atoms with Crippen molar-refractivity contribution in [1.82, 2.24) is 4.90 Å². The third-order valence-corrected chi connectivity index (χ3v) is 5.02. The Morgan fingerprint density at radius 1 is 1.24 bits per heavy atom. The Bertz CT molecular complexity index is 523. The van der Waals surface area contributed by atoms with E-state index in [1.807, 2.05) is 12.1 Å². The third-order valence-electron chi connectivity index (χ3n) is 5.02. The molecule has 1 amide bonds. The van der Waals surface area contributed by atoms with Crippen molar-refractivity contribution in [1.29, 1.82) is 0 Å². The van der Waals surface area contributed by atoms with E-state index in [0.717, 1.165) is 11.7 Å². The second-order valence-electron chi connectivity index (χ2n) is 6.17. The minimum Gasteiger partial charge on any atom is -0.312 e. The Morgan fingerprint density at radius 2 is 2.00 bits per heavy atom. The third kappa shape index (κ3) is 2.75. The molecule has 0 radical (unpaired) electrons. The van der Waals surface area contributed by atoms with Crippen molar-refractivity contribution < 1.29 is 4.79 Å². The topological polar surface area (TPSA) is 23.6 Å². The number of amides is 1. The summed E-state index contributed by atoms with van der Waals surface area (Å²) in [5, 5.41) is 0. The normalized spacial score (nSPS) is 25.4. The summed E-state index contributed by atoms with van der Waals surface area (Å²) in [6, 6.07) is 9.84. The highest BCUT2D eigenvalue weighted by Gasteiger charge is 2.35. The summed E-state index contributed by atoms with van der Waals surface area (Å²) >= 11 is 0. The second-order valence-corrected chi connectivity index (χ2v) is 6.17. The van der Waals surface area contributed by atoms with Gasteiger partial charge in [-0.25, -0.2) is 0 Å². The van der Waals surface area contributed by atoms with E-state index in [1.54, 1.807) is 11.9 Å². The van der Waals surface area contributed by atoms with Gasteiger partial charge in [0.05, 0.1) is 0 Å². The minimum atomic E-state index is -0.0697.